The smallest absolute Gasteiger partial charge is 0.220 e. The van der Waals surface area contributed by atoms with Gasteiger partial charge in [0.15, 0.2) is 5.78 Å². The number of carbonyl (C=O) groups is 4. The maximum atomic E-state index is 13.2. The van der Waals surface area contributed by atoms with E-state index in [1.807, 2.05) is 13.8 Å². The van der Waals surface area contributed by atoms with Crippen LogP contribution >= 0.6 is 0 Å². The normalized spacial score (nSPS) is 13.1. The summed E-state index contributed by atoms with van der Waals surface area (Å²) in [6.45, 7) is 15.2. The molecule has 0 spiro atoms. The molecule has 234 valence electrons. The monoisotopic (exact) mass is 572 g/mol. The van der Waals surface area contributed by atoms with Gasteiger partial charge in [0.1, 0.15) is 5.78 Å². The average Bonchev–Trinajstić information content (AvgIpc) is 2.89. The third-order valence-electron chi connectivity index (χ3n) is 6.40. The lowest BCUT2D eigenvalue weighted by Gasteiger charge is -2.24. The number of rotatable bonds is 26. The Bertz CT molecular complexity index is 712. The summed E-state index contributed by atoms with van der Waals surface area (Å²) >= 11 is 0. The first kappa shape index (κ1) is 38.1. The van der Waals surface area contributed by atoms with Crippen LogP contribution in [0.3, 0.4) is 0 Å². The molecule has 10 heteroatoms. The highest BCUT2D eigenvalue weighted by atomic mass is 16.6. The van der Waals surface area contributed by atoms with Crippen LogP contribution in [0.2, 0.25) is 0 Å². The molecule has 0 aromatic rings. The third-order valence-corrected chi connectivity index (χ3v) is 6.40. The zero-order valence-corrected chi connectivity index (χ0v) is 26.1. The summed E-state index contributed by atoms with van der Waals surface area (Å²) < 4.78 is 21.0. The number of Topliss-reactive ketones (excluding diaryl/α,β-unsaturated/α-hetero) is 2. The van der Waals surface area contributed by atoms with Crippen molar-refractivity contribution >= 4 is 23.4 Å². The van der Waals surface area contributed by atoms with E-state index >= 15 is 0 Å². The molecule has 0 saturated heterocycles. The van der Waals surface area contributed by atoms with Crippen LogP contribution < -0.4 is 10.6 Å². The van der Waals surface area contributed by atoms with Crippen LogP contribution in [0, 0.1) is 23.7 Å². The number of hydrogen-bond acceptors (Lipinski definition) is 8. The highest BCUT2D eigenvalue weighted by molar-refractivity contribution is 5.93. The second-order valence-corrected chi connectivity index (χ2v) is 11.2. The van der Waals surface area contributed by atoms with E-state index in [2.05, 4.69) is 24.5 Å². The molecule has 0 radical (unpaired) electrons. The van der Waals surface area contributed by atoms with Gasteiger partial charge in [0.05, 0.1) is 52.3 Å². The van der Waals surface area contributed by atoms with E-state index in [9.17, 15) is 19.2 Å². The standard InChI is InChI=1S/C30H56N2O8/c1-22(2)9-8-10-28(35)32-29(23(3)4)26(33)21-25(30(36)24(5)6)11-12-27(34)31-13-14-38-17-18-40-20-19-39-16-15-37-7/h22-25,29H,8-21H2,1-7H3,(H,31,34)(H,32,35)/t25-,29+/m1/s1. The fourth-order valence-corrected chi connectivity index (χ4v) is 4.06. The van der Waals surface area contributed by atoms with Gasteiger partial charge in [-0.2, -0.15) is 0 Å². The summed E-state index contributed by atoms with van der Waals surface area (Å²) in [6, 6.07) is -0.646. The molecule has 0 unspecified atom stereocenters. The number of amides is 2. The first-order valence-electron chi connectivity index (χ1n) is 14.8. The fourth-order valence-electron chi connectivity index (χ4n) is 4.06. The van der Waals surface area contributed by atoms with Crippen molar-refractivity contribution in [2.45, 2.75) is 86.1 Å². The first-order chi connectivity index (χ1) is 19.0. The van der Waals surface area contributed by atoms with Crippen LogP contribution in [0.1, 0.15) is 80.1 Å². The van der Waals surface area contributed by atoms with Crippen molar-refractivity contribution in [2.75, 3.05) is 59.9 Å². The van der Waals surface area contributed by atoms with Crippen molar-refractivity contribution in [2.24, 2.45) is 23.7 Å². The van der Waals surface area contributed by atoms with Crippen molar-refractivity contribution in [3.8, 4) is 0 Å². The van der Waals surface area contributed by atoms with Gasteiger partial charge in [0.25, 0.3) is 0 Å². The molecule has 0 aliphatic rings. The Morgan fingerprint density at radius 2 is 1.27 bits per heavy atom. The number of ether oxygens (including phenoxy) is 4. The van der Waals surface area contributed by atoms with Gasteiger partial charge in [-0.25, -0.2) is 0 Å². The maximum Gasteiger partial charge on any atom is 0.220 e. The highest BCUT2D eigenvalue weighted by Crippen LogP contribution is 2.20. The second-order valence-electron chi connectivity index (χ2n) is 11.2. The minimum atomic E-state index is -0.646. The van der Waals surface area contributed by atoms with Crippen molar-refractivity contribution in [1.82, 2.24) is 10.6 Å². The number of methoxy groups -OCH3 is 1. The van der Waals surface area contributed by atoms with Crippen LogP contribution in [0.25, 0.3) is 0 Å². The Hall–Kier alpha value is -1.88. The molecule has 0 aromatic carbocycles. The molecule has 0 rings (SSSR count). The fraction of sp³-hybridized carbons (Fsp3) is 0.867. The lowest BCUT2D eigenvalue weighted by Crippen LogP contribution is -2.45. The minimum Gasteiger partial charge on any atom is -0.382 e. The Kier molecular flexibility index (Phi) is 22.7. The highest BCUT2D eigenvalue weighted by Gasteiger charge is 2.30. The van der Waals surface area contributed by atoms with E-state index in [0.29, 0.717) is 65.1 Å². The molecule has 10 nitrogen and oxygen atoms in total. The summed E-state index contributed by atoms with van der Waals surface area (Å²) in [5.41, 5.74) is 0. The molecule has 2 atom stereocenters. The summed E-state index contributed by atoms with van der Waals surface area (Å²) in [5, 5.41) is 5.68. The molecule has 40 heavy (non-hydrogen) atoms. The van der Waals surface area contributed by atoms with E-state index in [1.165, 1.54) is 0 Å². The van der Waals surface area contributed by atoms with Gasteiger partial charge in [-0.3, -0.25) is 19.2 Å². The SMILES string of the molecule is COCCOCCOCCOCCNC(=O)CC[C@H](CC(=O)[C@@H](NC(=O)CCCC(C)C)C(C)C)C(=O)C(C)C. The van der Waals surface area contributed by atoms with Gasteiger partial charge < -0.3 is 29.6 Å². The van der Waals surface area contributed by atoms with E-state index in [1.54, 1.807) is 21.0 Å². The van der Waals surface area contributed by atoms with Gasteiger partial charge >= 0.3 is 0 Å². The Morgan fingerprint density at radius 1 is 0.700 bits per heavy atom. The summed E-state index contributed by atoms with van der Waals surface area (Å²) in [4.78, 5) is 50.9. The van der Waals surface area contributed by atoms with Gasteiger partial charge in [-0.15, -0.1) is 0 Å². The number of nitrogens with one attached hydrogen (secondary N) is 2. The van der Waals surface area contributed by atoms with Crippen molar-refractivity contribution in [1.29, 1.82) is 0 Å². The Balaban J connectivity index is 4.49. The maximum absolute atomic E-state index is 13.2. The predicted octanol–water partition coefficient (Wildman–Crippen LogP) is 3.35. The largest absolute Gasteiger partial charge is 0.382 e. The number of ketones is 2. The quantitative estimate of drug-likeness (QED) is 0.151. The van der Waals surface area contributed by atoms with Gasteiger partial charge in [-0.05, 0) is 24.7 Å². The van der Waals surface area contributed by atoms with Gasteiger partial charge in [0, 0.05) is 44.8 Å². The van der Waals surface area contributed by atoms with E-state index in [0.717, 1.165) is 12.8 Å². The topological polar surface area (TPSA) is 129 Å². The Labute approximate surface area is 242 Å². The molecule has 0 fully saturated rings. The van der Waals surface area contributed by atoms with Crippen LogP contribution in [0.15, 0.2) is 0 Å². The molecule has 0 saturated carbocycles. The van der Waals surface area contributed by atoms with Crippen LogP contribution in [-0.2, 0) is 38.1 Å². The number of carbonyl (C=O) groups excluding carboxylic acids is 4. The Morgan fingerprint density at radius 3 is 1.80 bits per heavy atom. The summed E-state index contributed by atoms with van der Waals surface area (Å²) in [5.74, 6) is -0.937. The molecule has 0 aliphatic carbocycles. The van der Waals surface area contributed by atoms with Gasteiger partial charge in [-0.1, -0.05) is 48.0 Å². The van der Waals surface area contributed by atoms with E-state index < -0.39 is 12.0 Å². The minimum absolute atomic E-state index is 0.0138. The molecule has 0 aliphatic heterocycles. The number of hydrogen-bond donors (Lipinski definition) is 2. The van der Waals surface area contributed by atoms with Gasteiger partial charge in [0.2, 0.25) is 11.8 Å². The van der Waals surface area contributed by atoms with Crippen LogP contribution in [-0.4, -0.2) is 89.3 Å². The predicted molar refractivity (Wildman–Crippen MR) is 155 cm³/mol. The molecule has 2 amide bonds. The molecule has 0 bridgehead atoms. The zero-order valence-electron chi connectivity index (χ0n) is 26.1. The third kappa shape index (κ3) is 20.1. The van der Waals surface area contributed by atoms with Crippen molar-refractivity contribution in [3.63, 3.8) is 0 Å². The lowest BCUT2D eigenvalue weighted by molar-refractivity contribution is -0.133. The van der Waals surface area contributed by atoms with Crippen LogP contribution in [0.4, 0.5) is 0 Å². The second kappa shape index (κ2) is 23.8. The molecule has 0 heterocycles. The van der Waals surface area contributed by atoms with E-state index in [-0.39, 0.29) is 54.5 Å². The van der Waals surface area contributed by atoms with Crippen molar-refractivity contribution < 1.29 is 38.1 Å². The molecular weight excluding hydrogens is 516 g/mol. The zero-order chi connectivity index (χ0) is 30.3. The van der Waals surface area contributed by atoms with Crippen molar-refractivity contribution in [3.05, 3.63) is 0 Å². The first-order valence-corrected chi connectivity index (χ1v) is 14.8. The van der Waals surface area contributed by atoms with E-state index in [4.69, 9.17) is 18.9 Å². The summed E-state index contributed by atoms with van der Waals surface area (Å²) in [6.07, 6.45) is 2.53. The molecule has 0 aromatic heterocycles. The van der Waals surface area contributed by atoms with Crippen LogP contribution in [0.5, 0.6) is 0 Å². The summed E-state index contributed by atoms with van der Waals surface area (Å²) in [7, 11) is 1.62. The molecule has 2 N–H and O–H groups in total. The molecular formula is C30H56N2O8. The average molecular weight is 573 g/mol. The lowest BCUT2D eigenvalue weighted by atomic mass is 9.84.